The molecule has 1 aliphatic heterocycles. The van der Waals surface area contributed by atoms with Gasteiger partial charge in [-0.2, -0.15) is 0 Å². The highest BCUT2D eigenvalue weighted by molar-refractivity contribution is 5.86. The van der Waals surface area contributed by atoms with Crippen molar-refractivity contribution in [2.75, 3.05) is 18.0 Å². The molecule has 29 heavy (non-hydrogen) atoms. The van der Waals surface area contributed by atoms with Crippen molar-refractivity contribution in [3.63, 3.8) is 0 Å². The smallest absolute Gasteiger partial charge is 0.114 e. The molecular formula is C26H31N3. The number of aryl methyl sites for hydroxylation is 1. The van der Waals surface area contributed by atoms with Crippen LogP contribution >= 0.6 is 0 Å². The fraction of sp³-hybridized carbons (Fsp3) is 0.423. The van der Waals surface area contributed by atoms with Gasteiger partial charge in [0, 0.05) is 36.8 Å². The molecule has 2 aromatic carbocycles. The summed E-state index contributed by atoms with van der Waals surface area (Å²) < 4.78 is 2.61. The molecule has 0 saturated heterocycles. The molecule has 0 atom stereocenters. The molecule has 1 saturated carbocycles. The third-order valence-corrected chi connectivity index (χ3v) is 6.71. The van der Waals surface area contributed by atoms with Crippen molar-refractivity contribution in [1.82, 2.24) is 9.55 Å². The van der Waals surface area contributed by atoms with Crippen LogP contribution in [0.1, 0.15) is 61.5 Å². The Kier molecular flexibility index (Phi) is 5.13. The van der Waals surface area contributed by atoms with Gasteiger partial charge in [0.05, 0.1) is 11.0 Å². The highest BCUT2D eigenvalue weighted by Crippen LogP contribution is 2.38. The standard InChI is InChI=1S/C26H31N3/c1-2-17-28-18-9-14-22-23(28)15-16-24-26(22)27-25(19-20-10-5-3-6-11-20)29(24)21-12-7-4-8-13-21/h2-3,5-6,10-11,15-16,21H,1,4,7-9,12-14,17-19H2. The van der Waals surface area contributed by atoms with Crippen LogP contribution in [0.4, 0.5) is 5.69 Å². The minimum atomic E-state index is 0.596. The van der Waals surface area contributed by atoms with Gasteiger partial charge in [-0.25, -0.2) is 4.98 Å². The number of anilines is 1. The molecule has 1 aromatic heterocycles. The Balaban J connectivity index is 1.64. The first-order valence-corrected chi connectivity index (χ1v) is 11.3. The number of fused-ring (bicyclic) bond motifs is 3. The SMILES string of the molecule is C=CCN1CCCc2c1ccc1c2nc(Cc2ccccc2)n1C1CCCCC1. The number of aromatic nitrogens is 2. The number of rotatable bonds is 5. The van der Waals surface area contributed by atoms with E-state index in [9.17, 15) is 0 Å². The van der Waals surface area contributed by atoms with Crippen LogP contribution in [0.25, 0.3) is 11.0 Å². The van der Waals surface area contributed by atoms with E-state index in [0.717, 1.165) is 25.9 Å². The van der Waals surface area contributed by atoms with Crippen LogP contribution < -0.4 is 4.90 Å². The molecule has 3 aromatic rings. The quantitative estimate of drug-likeness (QED) is 0.497. The normalized spacial score (nSPS) is 17.4. The number of nitrogens with zero attached hydrogens (tertiary/aromatic N) is 3. The third-order valence-electron chi connectivity index (χ3n) is 6.71. The van der Waals surface area contributed by atoms with E-state index in [0.29, 0.717) is 6.04 Å². The first kappa shape index (κ1) is 18.5. The van der Waals surface area contributed by atoms with Crippen molar-refractivity contribution in [2.45, 2.75) is 57.4 Å². The molecule has 0 radical (unpaired) electrons. The van der Waals surface area contributed by atoms with E-state index in [4.69, 9.17) is 4.98 Å². The summed E-state index contributed by atoms with van der Waals surface area (Å²) in [5.74, 6) is 1.24. The fourth-order valence-corrected chi connectivity index (χ4v) is 5.36. The molecule has 5 rings (SSSR count). The molecule has 2 heterocycles. The third kappa shape index (κ3) is 3.48. The fourth-order valence-electron chi connectivity index (χ4n) is 5.36. The van der Waals surface area contributed by atoms with Crippen LogP contribution in [0.5, 0.6) is 0 Å². The van der Waals surface area contributed by atoms with E-state index in [2.05, 4.69) is 58.5 Å². The van der Waals surface area contributed by atoms with Gasteiger partial charge in [0.15, 0.2) is 0 Å². The van der Waals surface area contributed by atoms with Crippen LogP contribution in [0, 0.1) is 0 Å². The number of hydrogen-bond acceptors (Lipinski definition) is 2. The predicted molar refractivity (Wildman–Crippen MR) is 122 cm³/mol. The van der Waals surface area contributed by atoms with Gasteiger partial charge in [-0.3, -0.25) is 0 Å². The second kappa shape index (κ2) is 8.06. The maximum Gasteiger partial charge on any atom is 0.114 e. The van der Waals surface area contributed by atoms with Crippen molar-refractivity contribution in [1.29, 1.82) is 0 Å². The minimum Gasteiger partial charge on any atom is -0.368 e. The summed E-state index contributed by atoms with van der Waals surface area (Å²) in [7, 11) is 0. The van der Waals surface area contributed by atoms with Gasteiger partial charge in [0.1, 0.15) is 5.82 Å². The van der Waals surface area contributed by atoms with E-state index in [1.165, 1.54) is 72.2 Å². The van der Waals surface area contributed by atoms with Crippen LogP contribution in [-0.2, 0) is 12.8 Å². The summed E-state index contributed by atoms with van der Waals surface area (Å²) in [6.45, 7) is 5.99. The molecular weight excluding hydrogens is 354 g/mol. The molecule has 0 N–H and O–H groups in total. The Morgan fingerprint density at radius 2 is 1.83 bits per heavy atom. The molecule has 150 valence electrons. The molecule has 1 aliphatic carbocycles. The average Bonchev–Trinajstić information content (AvgIpc) is 3.14. The summed E-state index contributed by atoms with van der Waals surface area (Å²) in [5.41, 5.74) is 6.75. The zero-order valence-corrected chi connectivity index (χ0v) is 17.3. The lowest BCUT2D eigenvalue weighted by Crippen LogP contribution is -2.29. The lowest BCUT2D eigenvalue weighted by atomic mass is 9.94. The molecule has 0 bridgehead atoms. The molecule has 3 nitrogen and oxygen atoms in total. The largest absolute Gasteiger partial charge is 0.368 e. The minimum absolute atomic E-state index is 0.596. The highest BCUT2D eigenvalue weighted by atomic mass is 15.1. The van der Waals surface area contributed by atoms with Crippen molar-refractivity contribution < 1.29 is 0 Å². The van der Waals surface area contributed by atoms with Gasteiger partial charge >= 0.3 is 0 Å². The first-order chi connectivity index (χ1) is 14.3. The first-order valence-electron chi connectivity index (χ1n) is 11.3. The summed E-state index contributed by atoms with van der Waals surface area (Å²) in [5, 5.41) is 0. The predicted octanol–water partition coefficient (Wildman–Crippen LogP) is 6.07. The Morgan fingerprint density at radius 3 is 2.62 bits per heavy atom. The Bertz CT molecular complexity index is 996. The molecule has 0 unspecified atom stereocenters. The lowest BCUT2D eigenvalue weighted by Gasteiger charge is -2.31. The molecule has 0 spiro atoms. The van der Waals surface area contributed by atoms with E-state index in [1.807, 2.05) is 6.08 Å². The molecule has 0 amide bonds. The second-order valence-corrected chi connectivity index (χ2v) is 8.62. The Labute approximate surface area is 174 Å². The number of imidazole rings is 1. The van der Waals surface area contributed by atoms with Gasteiger partial charge in [-0.1, -0.05) is 55.7 Å². The number of hydrogen-bond donors (Lipinski definition) is 0. The second-order valence-electron chi connectivity index (χ2n) is 8.62. The molecule has 1 fully saturated rings. The van der Waals surface area contributed by atoms with Gasteiger partial charge < -0.3 is 9.47 Å². The van der Waals surface area contributed by atoms with Crippen molar-refractivity contribution in [3.8, 4) is 0 Å². The topological polar surface area (TPSA) is 21.1 Å². The van der Waals surface area contributed by atoms with Crippen LogP contribution in [0.2, 0.25) is 0 Å². The molecule has 3 heteroatoms. The number of benzene rings is 2. The van der Waals surface area contributed by atoms with Crippen molar-refractivity contribution >= 4 is 16.7 Å². The lowest BCUT2D eigenvalue weighted by molar-refractivity contribution is 0.353. The van der Waals surface area contributed by atoms with Gasteiger partial charge in [0.2, 0.25) is 0 Å². The van der Waals surface area contributed by atoms with Gasteiger partial charge in [-0.05, 0) is 43.4 Å². The summed E-state index contributed by atoms with van der Waals surface area (Å²) in [6.07, 6.45) is 11.9. The van der Waals surface area contributed by atoms with Gasteiger partial charge in [-0.15, -0.1) is 6.58 Å². The van der Waals surface area contributed by atoms with Crippen LogP contribution in [0.15, 0.2) is 55.1 Å². The maximum absolute atomic E-state index is 5.30. The molecule has 2 aliphatic rings. The van der Waals surface area contributed by atoms with E-state index in [1.54, 1.807) is 0 Å². The zero-order valence-electron chi connectivity index (χ0n) is 17.3. The highest BCUT2D eigenvalue weighted by Gasteiger charge is 2.26. The van der Waals surface area contributed by atoms with Crippen molar-refractivity contribution in [3.05, 3.63) is 72.1 Å². The Morgan fingerprint density at radius 1 is 1.00 bits per heavy atom. The van der Waals surface area contributed by atoms with E-state index in [-0.39, 0.29) is 0 Å². The average molecular weight is 386 g/mol. The van der Waals surface area contributed by atoms with E-state index < -0.39 is 0 Å². The van der Waals surface area contributed by atoms with Crippen LogP contribution in [-0.4, -0.2) is 22.6 Å². The monoisotopic (exact) mass is 385 g/mol. The summed E-state index contributed by atoms with van der Waals surface area (Å²) in [6, 6.07) is 16.1. The maximum atomic E-state index is 5.30. The Hall–Kier alpha value is -2.55. The van der Waals surface area contributed by atoms with E-state index >= 15 is 0 Å². The van der Waals surface area contributed by atoms with Gasteiger partial charge in [0.25, 0.3) is 0 Å². The zero-order chi connectivity index (χ0) is 19.6. The van der Waals surface area contributed by atoms with Crippen molar-refractivity contribution in [2.24, 2.45) is 0 Å². The summed E-state index contributed by atoms with van der Waals surface area (Å²) in [4.78, 5) is 7.76. The van der Waals surface area contributed by atoms with Crippen LogP contribution in [0.3, 0.4) is 0 Å². The summed E-state index contributed by atoms with van der Waals surface area (Å²) >= 11 is 0.